The van der Waals surface area contributed by atoms with Gasteiger partial charge in [0.25, 0.3) is 5.91 Å². The van der Waals surface area contributed by atoms with Crippen molar-refractivity contribution in [3.05, 3.63) is 59.7 Å². The number of anilines is 1. The smallest absolute Gasteiger partial charge is 0.253 e. The Kier molecular flexibility index (Phi) is 7.62. The minimum atomic E-state index is -3.72. The van der Waals surface area contributed by atoms with Crippen LogP contribution in [0.3, 0.4) is 0 Å². The summed E-state index contributed by atoms with van der Waals surface area (Å²) >= 11 is 0. The van der Waals surface area contributed by atoms with Gasteiger partial charge in [0, 0.05) is 43.7 Å². The summed E-state index contributed by atoms with van der Waals surface area (Å²) in [6.07, 6.45) is 1.56. The summed E-state index contributed by atoms with van der Waals surface area (Å²) in [5, 5.41) is 2.60. The van der Waals surface area contributed by atoms with Gasteiger partial charge in [0.1, 0.15) is 0 Å². The lowest BCUT2D eigenvalue weighted by Crippen LogP contribution is -2.41. The lowest BCUT2D eigenvalue weighted by atomic mass is 9.95. The first-order valence-electron chi connectivity index (χ1n) is 11.3. The standard InChI is InChI=1S/C24H29N3O6S/c1-17(28)26-21-6-8-22(9-7-21)34(30,31)25-16-18-2-4-19(5-3-18)23(29)27-12-10-20(11-13-27)24-32-14-15-33-24/h2-9,20,24-25H,10-16H2,1H3,(H,26,28). The average molecular weight is 488 g/mol. The highest BCUT2D eigenvalue weighted by atomic mass is 32.2. The molecule has 2 aliphatic rings. The van der Waals surface area contributed by atoms with Gasteiger partial charge in [0.2, 0.25) is 15.9 Å². The molecule has 2 aromatic carbocycles. The number of nitrogens with one attached hydrogen (secondary N) is 2. The van der Waals surface area contributed by atoms with E-state index in [2.05, 4.69) is 10.0 Å². The Labute approximate surface area is 199 Å². The second-order valence-corrected chi connectivity index (χ2v) is 10.2. The number of amides is 2. The van der Waals surface area contributed by atoms with Crippen LogP contribution in [-0.4, -0.2) is 57.7 Å². The van der Waals surface area contributed by atoms with Crippen LogP contribution in [0.15, 0.2) is 53.4 Å². The van der Waals surface area contributed by atoms with E-state index in [9.17, 15) is 18.0 Å². The molecular formula is C24H29N3O6S. The van der Waals surface area contributed by atoms with E-state index < -0.39 is 10.0 Å². The topological polar surface area (TPSA) is 114 Å². The van der Waals surface area contributed by atoms with Gasteiger partial charge in [0.05, 0.1) is 18.1 Å². The van der Waals surface area contributed by atoms with E-state index in [1.807, 2.05) is 4.90 Å². The van der Waals surface area contributed by atoms with Crippen LogP contribution in [0.25, 0.3) is 0 Å². The largest absolute Gasteiger partial charge is 0.350 e. The van der Waals surface area contributed by atoms with Gasteiger partial charge in [-0.15, -0.1) is 0 Å². The molecule has 182 valence electrons. The number of nitrogens with zero attached hydrogens (tertiary/aromatic N) is 1. The van der Waals surface area contributed by atoms with Gasteiger partial charge in [-0.1, -0.05) is 12.1 Å². The van der Waals surface area contributed by atoms with Crippen molar-refractivity contribution < 1.29 is 27.5 Å². The summed E-state index contributed by atoms with van der Waals surface area (Å²) in [5.41, 5.74) is 1.84. The van der Waals surface area contributed by atoms with Crippen LogP contribution in [-0.2, 0) is 30.8 Å². The Bertz CT molecular complexity index is 1100. The van der Waals surface area contributed by atoms with Gasteiger partial charge in [-0.3, -0.25) is 9.59 Å². The fourth-order valence-electron chi connectivity index (χ4n) is 4.15. The first-order valence-corrected chi connectivity index (χ1v) is 12.8. The third kappa shape index (κ3) is 6.01. The Morgan fingerprint density at radius 2 is 1.59 bits per heavy atom. The van der Waals surface area contributed by atoms with Crippen LogP contribution in [0.4, 0.5) is 5.69 Å². The molecule has 2 saturated heterocycles. The SMILES string of the molecule is CC(=O)Nc1ccc(S(=O)(=O)NCc2ccc(C(=O)N3CCC(C4OCCO4)CC3)cc2)cc1. The molecule has 0 saturated carbocycles. The molecule has 0 bridgehead atoms. The molecule has 9 nitrogen and oxygen atoms in total. The number of hydrogen-bond acceptors (Lipinski definition) is 6. The molecule has 0 unspecified atom stereocenters. The highest BCUT2D eigenvalue weighted by molar-refractivity contribution is 7.89. The molecule has 2 aromatic rings. The Morgan fingerprint density at radius 1 is 0.971 bits per heavy atom. The van der Waals surface area contributed by atoms with Crippen LogP contribution in [0, 0.1) is 5.92 Å². The van der Waals surface area contributed by atoms with E-state index >= 15 is 0 Å². The number of piperidine rings is 1. The number of benzene rings is 2. The highest BCUT2D eigenvalue weighted by Gasteiger charge is 2.32. The molecule has 0 radical (unpaired) electrons. The third-order valence-electron chi connectivity index (χ3n) is 6.01. The van der Waals surface area contributed by atoms with Crippen LogP contribution in [0.1, 0.15) is 35.7 Å². The molecule has 2 aliphatic heterocycles. The van der Waals surface area contributed by atoms with Crippen molar-refractivity contribution in [1.82, 2.24) is 9.62 Å². The molecule has 2 fully saturated rings. The van der Waals surface area contributed by atoms with Gasteiger partial charge in [0.15, 0.2) is 6.29 Å². The van der Waals surface area contributed by atoms with Crippen LogP contribution in [0.5, 0.6) is 0 Å². The molecular weight excluding hydrogens is 458 g/mol. The van der Waals surface area contributed by atoms with E-state index in [1.54, 1.807) is 24.3 Å². The number of carbonyl (C=O) groups excluding carboxylic acids is 2. The molecule has 2 heterocycles. The zero-order chi connectivity index (χ0) is 24.1. The molecule has 0 atom stereocenters. The van der Waals surface area contributed by atoms with Gasteiger partial charge in [-0.05, 0) is 54.8 Å². The second-order valence-electron chi connectivity index (χ2n) is 8.47. The minimum Gasteiger partial charge on any atom is -0.350 e. The zero-order valence-electron chi connectivity index (χ0n) is 19.0. The highest BCUT2D eigenvalue weighted by Crippen LogP contribution is 2.26. The lowest BCUT2D eigenvalue weighted by molar-refractivity contribution is -0.114. The van der Waals surface area contributed by atoms with Gasteiger partial charge in [-0.2, -0.15) is 0 Å². The van der Waals surface area contributed by atoms with Crippen molar-refractivity contribution in [3.8, 4) is 0 Å². The summed E-state index contributed by atoms with van der Waals surface area (Å²) in [5.74, 6) is 0.0649. The predicted octanol–water partition coefficient (Wildman–Crippen LogP) is 2.35. The van der Waals surface area contributed by atoms with Crippen molar-refractivity contribution in [3.63, 3.8) is 0 Å². The maximum Gasteiger partial charge on any atom is 0.253 e. The zero-order valence-corrected chi connectivity index (χ0v) is 19.8. The van der Waals surface area contributed by atoms with Crippen molar-refractivity contribution in [2.24, 2.45) is 5.92 Å². The Morgan fingerprint density at radius 3 is 2.18 bits per heavy atom. The van der Waals surface area contributed by atoms with Crippen molar-refractivity contribution in [2.45, 2.75) is 37.5 Å². The number of sulfonamides is 1. The van der Waals surface area contributed by atoms with Crippen molar-refractivity contribution in [2.75, 3.05) is 31.6 Å². The number of hydrogen-bond donors (Lipinski definition) is 2. The maximum absolute atomic E-state index is 12.9. The van der Waals surface area contributed by atoms with E-state index in [4.69, 9.17) is 9.47 Å². The fraction of sp³-hybridized carbons (Fsp3) is 0.417. The number of rotatable bonds is 7. The maximum atomic E-state index is 12.9. The summed E-state index contributed by atoms with van der Waals surface area (Å²) in [6.45, 7) is 4.07. The number of carbonyl (C=O) groups is 2. The van der Waals surface area contributed by atoms with Crippen LogP contribution < -0.4 is 10.0 Å². The monoisotopic (exact) mass is 487 g/mol. The molecule has 0 aromatic heterocycles. The molecule has 2 N–H and O–H groups in total. The number of ether oxygens (including phenoxy) is 2. The summed E-state index contributed by atoms with van der Waals surface area (Å²) in [4.78, 5) is 25.9. The van der Waals surface area contributed by atoms with E-state index in [0.29, 0.717) is 43.5 Å². The fourth-order valence-corrected chi connectivity index (χ4v) is 5.17. The minimum absolute atomic E-state index is 0.0295. The Hall–Kier alpha value is -2.79. The molecule has 10 heteroatoms. The Balaban J connectivity index is 1.29. The summed E-state index contributed by atoms with van der Waals surface area (Å²) < 4.78 is 38.9. The van der Waals surface area contributed by atoms with Crippen molar-refractivity contribution >= 4 is 27.5 Å². The number of likely N-dealkylation sites (tertiary alicyclic amines) is 1. The second kappa shape index (κ2) is 10.6. The quantitative estimate of drug-likeness (QED) is 0.620. The summed E-state index contributed by atoms with van der Waals surface area (Å²) in [7, 11) is -3.72. The first-order chi connectivity index (χ1) is 16.3. The lowest BCUT2D eigenvalue weighted by Gasteiger charge is -2.33. The van der Waals surface area contributed by atoms with Crippen LogP contribution >= 0.6 is 0 Å². The van der Waals surface area contributed by atoms with Gasteiger partial charge in [-0.25, -0.2) is 13.1 Å². The van der Waals surface area contributed by atoms with Gasteiger partial charge >= 0.3 is 0 Å². The van der Waals surface area contributed by atoms with Crippen molar-refractivity contribution in [1.29, 1.82) is 0 Å². The molecule has 0 spiro atoms. The average Bonchev–Trinajstić information content (AvgIpc) is 3.38. The summed E-state index contributed by atoms with van der Waals surface area (Å²) in [6, 6.07) is 12.9. The van der Waals surface area contributed by atoms with E-state index in [-0.39, 0.29) is 29.5 Å². The van der Waals surface area contributed by atoms with E-state index in [0.717, 1.165) is 18.4 Å². The van der Waals surface area contributed by atoms with Crippen LogP contribution in [0.2, 0.25) is 0 Å². The van der Waals surface area contributed by atoms with E-state index in [1.165, 1.54) is 31.2 Å². The molecule has 4 rings (SSSR count). The molecule has 0 aliphatic carbocycles. The van der Waals surface area contributed by atoms with Gasteiger partial charge < -0.3 is 19.7 Å². The third-order valence-corrected chi connectivity index (χ3v) is 7.43. The molecule has 34 heavy (non-hydrogen) atoms. The normalized spacial score (nSPS) is 17.6. The first kappa shape index (κ1) is 24.3. The molecule has 2 amide bonds. The predicted molar refractivity (Wildman–Crippen MR) is 126 cm³/mol.